The fourth-order valence-electron chi connectivity index (χ4n) is 1.23. The Balaban J connectivity index is 2.02. The van der Waals surface area contributed by atoms with E-state index >= 15 is 0 Å². The molecule has 1 aliphatic rings. The molecule has 0 aliphatic carbocycles. The van der Waals surface area contributed by atoms with Gasteiger partial charge < -0.3 is 14.8 Å². The number of epoxide rings is 1. The van der Waals surface area contributed by atoms with Crippen LogP contribution in [0.15, 0.2) is 36.9 Å². The van der Waals surface area contributed by atoms with E-state index < -0.39 is 0 Å². The number of amides is 1. The van der Waals surface area contributed by atoms with Gasteiger partial charge in [0, 0.05) is 0 Å². The minimum Gasteiger partial charge on any atom is -0.489 e. The Morgan fingerprint density at radius 3 is 3.06 bits per heavy atom. The largest absolute Gasteiger partial charge is 0.489 e. The van der Waals surface area contributed by atoms with Crippen molar-refractivity contribution in [3.05, 3.63) is 36.9 Å². The van der Waals surface area contributed by atoms with Crippen LogP contribution >= 0.6 is 0 Å². The smallest absolute Gasteiger partial charge is 0.247 e. The van der Waals surface area contributed by atoms with E-state index in [4.69, 9.17) is 9.47 Å². The van der Waals surface area contributed by atoms with E-state index in [1.807, 2.05) is 12.1 Å². The molecule has 1 aromatic rings. The van der Waals surface area contributed by atoms with Crippen LogP contribution in [0.2, 0.25) is 0 Å². The molecule has 4 heteroatoms. The first kappa shape index (κ1) is 10.7. The van der Waals surface area contributed by atoms with Gasteiger partial charge in [0.1, 0.15) is 18.5 Å². The fourth-order valence-corrected chi connectivity index (χ4v) is 1.23. The summed E-state index contributed by atoms with van der Waals surface area (Å²) in [7, 11) is 0. The highest BCUT2D eigenvalue weighted by atomic mass is 16.6. The Kier molecular flexibility index (Phi) is 3.22. The summed E-state index contributed by atoms with van der Waals surface area (Å²) < 4.78 is 10.6. The topological polar surface area (TPSA) is 50.9 Å². The van der Waals surface area contributed by atoms with Gasteiger partial charge in [0.05, 0.1) is 12.3 Å². The summed E-state index contributed by atoms with van der Waals surface area (Å²) in [6.45, 7) is 4.66. The first-order chi connectivity index (χ1) is 7.79. The highest BCUT2D eigenvalue weighted by molar-refractivity contribution is 5.99. The summed E-state index contributed by atoms with van der Waals surface area (Å²) in [4.78, 5) is 11.2. The van der Waals surface area contributed by atoms with Gasteiger partial charge in [-0.25, -0.2) is 0 Å². The van der Waals surface area contributed by atoms with Crippen LogP contribution in [0.5, 0.6) is 5.75 Å². The molecule has 0 radical (unpaired) electrons. The lowest BCUT2D eigenvalue weighted by Crippen LogP contribution is -2.10. The SMILES string of the molecule is C=CC(=O)Nc1ccccc1OCC1CO1. The molecule has 1 saturated heterocycles. The lowest BCUT2D eigenvalue weighted by Gasteiger charge is -2.10. The van der Waals surface area contributed by atoms with Crippen molar-refractivity contribution >= 4 is 11.6 Å². The van der Waals surface area contributed by atoms with Gasteiger partial charge in [-0.05, 0) is 18.2 Å². The van der Waals surface area contributed by atoms with E-state index in [-0.39, 0.29) is 12.0 Å². The Hall–Kier alpha value is -1.81. The number of ether oxygens (including phenoxy) is 2. The van der Waals surface area contributed by atoms with E-state index in [0.717, 1.165) is 6.61 Å². The van der Waals surface area contributed by atoms with Gasteiger partial charge in [0.25, 0.3) is 0 Å². The zero-order chi connectivity index (χ0) is 11.4. The maximum Gasteiger partial charge on any atom is 0.247 e. The Bertz CT molecular complexity index is 399. The van der Waals surface area contributed by atoms with Crippen LogP contribution in [0.4, 0.5) is 5.69 Å². The van der Waals surface area contributed by atoms with Crippen LogP contribution in [0, 0.1) is 0 Å². The van der Waals surface area contributed by atoms with Crippen molar-refractivity contribution in [1.29, 1.82) is 0 Å². The summed E-state index contributed by atoms with van der Waals surface area (Å²) in [5, 5.41) is 2.68. The number of hydrogen-bond acceptors (Lipinski definition) is 3. The third-order valence-corrected chi connectivity index (χ3v) is 2.16. The van der Waals surface area contributed by atoms with Crippen molar-refractivity contribution in [2.24, 2.45) is 0 Å². The minimum atomic E-state index is -0.251. The third-order valence-electron chi connectivity index (χ3n) is 2.16. The molecule has 0 saturated carbocycles. The highest BCUT2D eigenvalue weighted by Crippen LogP contribution is 2.24. The number of carbonyl (C=O) groups is 1. The molecule has 16 heavy (non-hydrogen) atoms. The number of hydrogen-bond donors (Lipinski definition) is 1. The summed E-state index contributed by atoms with van der Waals surface area (Å²) >= 11 is 0. The second kappa shape index (κ2) is 4.81. The quantitative estimate of drug-likeness (QED) is 0.604. The normalized spacial score (nSPS) is 17.6. The van der Waals surface area contributed by atoms with Crippen LogP contribution in [0.25, 0.3) is 0 Å². The van der Waals surface area contributed by atoms with Crippen LogP contribution in [0.1, 0.15) is 0 Å². The number of rotatable bonds is 5. The van der Waals surface area contributed by atoms with Gasteiger partial charge in [-0.1, -0.05) is 18.7 Å². The van der Waals surface area contributed by atoms with Gasteiger partial charge >= 0.3 is 0 Å². The average Bonchev–Trinajstić information content (AvgIpc) is 3.11. The molecular weight excluding hydrogens is 206 g/mol. The first-order valence-electron chi connectivity index (χ1n) is 5.06. The van der Waals surface area contributed by atoms with Gasteiger partial charge in [-0.15, -0.1) is 0 Å². The van der Waals surface area contributed by atoms with Crippen molar-refractivity contribution in [2.75, 3.05) is 18.5 Å². The first-order valence-corrected chi connectivity index (χ1v) is 5.06. The second-order valence-electron chi connectivity index (χ2n) is 3.46. The molecular formula is C12H13NO3. The molecule has 0 aromatic heterocycles. The molecule has 2 rings (SSSR count). The monoisotopic (exact) mass is 219 g/mol. The Morgan fingerprint density at radius 2 is 2.38 bits per heavy atom. The predicted molar refractivity (Wildman–Crippen MR) is 60.5 cm³/mol. The molecule has 1 unspecified atom stereocenters. The summed E-state index contributed by atoms with van der Waals surface area (Å²) in [6, 6.07) is 7.28. The lowest BCUT2D eigenvalue weighted by atomic mass is 10.3. The number of carbonyl (C=O) groups excluding carboxylic acids is 1. The number of anilines is 1. The van der Waals surface area contributed by atoms with Gasteiger partial charge in [0.15, 0.2) is 0 Å². The van der Waals surface area contributed by atoms with Gasteiger partial charge in [0.2, 0.25) is 5.91 Å². The molecule has 1 aliphatic heterocycles. The van der Waals surface area contributed by atoms with E-state index in [2.05, 4.69) is 11.9 Å². The Morgan fingerprint density at radius 1 is 1.62 bits per heavy atom. The van der Waals surface area contributed by atoms with Crippen molar-refractivity contribution < 1.29 is 14.3 Å². The van der Waals surface area contributed by atoms with Crippen molar-refractivity contribution in [3.8, 4) is 5.75 Å². The molecule has 1 N–H and O–H groups in total. The third kappa shape index (κ3) is 2.84. The van der Waals surface area contributed by atoms with Crippen molar-refractivity contribution in [1.82, 2.24) is 0 Å². The summed E-state index contributed by atoms with van der Waals surface area (Å²) in [5.41, 5.74) is 0.646. The summed E-state index contributed by atoms with van der Waals surface area (Å²) in [6.07, 6.45) is 1.42. The van der Waals surface area contributed by atoms with E-state index in [1.54, 1.807) is 12.1 Å². The highest BCUT2D eigenvalue weighted by Gasteiger charge is 2.23. The molecule has 1 heterocycles. The average molecular weight is 219 g/mol. The Labute approximate surface area is 93.9 Å². The van der Waals surface area contributed by atoms with Crippen LogP contribution < -0.4 is 10.1 Å². The number of para-hydroxylation sites is 2. The minimum absolute atomic E-state index is 0.197. The van der Waals surface area contributed by atoms with Gasteiger partial charge in [-0.3, -0.25) is 4.79 Å². The molecule has 0 bridgehead atoms. The van der Waals surface area contributed by atoms with Crippen LogP contribution in [-0.2, 0) is 9.53 Å². The van der Waals surface area contributed by atoms with Crippen LogP contribution in [-0.4, -0.2) is 25.2 Å². The van der Waals surface area contributed by atoms with Crippen LogP contribution in [0.3, 0.4) is 0 Å². The van der Waals surface area contributed by atoms with Crippen molar-refractivity contribution in [3.63, 3.8) is 0 Å². The van der Waals surface area contributed by atoms with E-state index in [0.29, 0.717) is 18.0 Å². The molecule has 1 fully saturated rings. The number of benzene rings is 1. The molecule has 1 atom stereocenters. The molecule has 4 nitrogen and oxygen atoms in total. The molecule has 1 amide bonds. The maximum atomic E-state index is 11.2. The van der Waals surface area contributed by atoms with Gasteiger partial charge in [-0.2, -0.15) is 0 Å². The predicted octanol–water partition coefficient (Wildman–Crippen LogP) is 1.59. The standard InChI is InChI=1S/C12H13NO3/c1-2-12(14)13-10-5-3-4-6-11(10)16-8-9-7-15-9/h2-6,9H,1,7-8H2,(H,13,14). The maximum absolute atomic E-state index is 11.2. The second-order valence-corrected chi connectivity index (χ2v) is 3.46. The van der Waals surface area contributed by atoms with E-state index in [1.165, 1.54) is 6.08 Å². The lowest BCUT2D eigenvalue weighted by molar-refractivity contribution is -0.111. The molecule has 1 aromatic carbocycles. The van der Waals surface area contributed by atoms with E-state index in [9.17, 15) is 4.79 Å². The zero-order valence-corrected chi connectivity index (χ0v) is 8.81. The van der Waals surface area contributed by atoms with Crippen molar-refractivity contribution in [2.45, 2.75) is 6.10 Å². The number of nitrogens with one attached hydrogen (secondary N) is 1. The fraction of sp³-hybridized carbons (Fsp3) is 0.250. The zero-order valence-electron chi connectivity index (χ0n) is 8.81. The molecule has 0 spiro atoms. The molecule has 84 valence electrons. The summed E-state index contributed by atoms with van der Waals surface area (Å²) in [5.74, 6) is 0.395.